The number of urea groups is 1. The summed E-state index contributed by atoms with van der Waals surface area (Å²) in [6.07, 6.45) is 4.92. The van der Waals surface area contributed by atoms with Gasteiger partial charge in [-0.3, -0.25) is 10.00 Å². The minimum absolute atomic E-state index is 0.0261. The summed E-state index contributed by atoms with van der Waals surface area (Å²) in [5, 5.41) is 6.97. The van der Waals surface area contributed by atoms with Gasteiger partial charge in [0.15, 0.2) is 0 Å². The first-order valence-corrected chi connectivity index (χ1v) is 7.80. The number of anilines is 1. The highest BCUT2D eigenvalue weighted by atomic mass is 16.2. The Balaban J connectivity index is 1.49. The molecule has 0 saturated carbocycles. The molecule has 1 fully saturated rings. The van der Waals surface area contributed by atoms with E-state index in [0.717, 1.165) is 38.2 Å². The van der Waals surface area contributed by atoms with Gasteiger partial charge in [0.2, 0.25) is 0 Å². The van der Waals surface area contributed by atoms with Gasteiger partial charge in [-0.05, 0) is 30.7 Å². The molecule has 0 radical (unpaired) electrons. The largest absolute Gasteiger partial charge is 0.324 e. The normalized spacial score (nSPS) is 15.8. The van der Waals surface area contributed by atoms with Gasteiger partial charge >= 0.3 is 6.03 Å². The molecule has 5 nitrogen and oxygen atoms in total. The highest BCUT2D eigenvalue weighted by molar-refractivity contribution is 5.88. The van der Waals surface area contributed by atoms with Crippen molar-refractivity contribution >= 4 is 11.8 Å². The van der Waals surface area contributed by atoms with E-state index in [2.05, 4.69) is 40.7 Å². The molecule has 1 aromatic heterocycles. The maximum Gasteiger partial charge on any atom is 0.322 e. The molecule has 1 aliphatic heterocycles. The van der Waals surface area contributed by atoms with Crippen molar-refractivity contribution in [1.82, 2.24) is 14.7 Å². The van der Waals surface area contributed by atoms with Crippen LogP contribution in [0.3, 0.4) is 0 Å². The summed E-state index contributed by atoms with van der Waals surface area (Å²) in [7, 11) is 1.82. The van der Waals surface area contributed by atoms with E-state index in [1.807, 2.05) is 11.9 Å². The first-order chi connectivity index (χ1) is 10.7. The summed E-state index contributed by atoms with van der Waals surface area (Å²) in [6, 6.07) is 12.4. The van der Waals surface area contributed by atoms with Crippen LogP contribution in [0.25, 0.3) is 0 Å². The smallest absolute Gasteiger partial charge is 0.322 e. The molecule has 1 aliphatic rings. The van der Waals surface area contributed by atoms with Crippen molar-refractivity contribution in [3.63, 3.8) is 0 Å². The molecule has 0 unspecified atom stereocenters. The molecule has 5 heteroatoms. The Kier molecular flexibility index (Phi) is 4.42. The summed E-state index contributed by atoms with van der Waals surface area (Å²) in [5.74, 6) is 1.40. The second-order valence-electron chi connectivity index (χ2n) is 5.89. The highest BCUT2D eigenvalue weighted by Crippen LogP contribution is 2.22. The lowest BCUT2D eigenvalue weighted by molar-refractivity contribution is 0.182. The lowest BCUT2D eigenvalue weighted by atomic mass is 9.90. The zero-order valence-corrected chi connectivity index (χ0v) is 12.9. The van der Waals surface area contributed by atoms with Crippen molar-refractivity contribution in [2.24, 2.45) is 13.0 Å². The predicted molar refractivity (Wildman–Crippen MR) is 86.7 cm³/mol. The van der Waals surface area contributed by atoms with E-state index in [-0.39, 0.29) is 6.03 Å². The van der Waals surface area contributed by atoms with Crippen LogP contribution in [0, 0.1) is 5.92 Å². The number of nitrogens with zero attached hydrogens (tertiary/aromatic N) is 3. The molecule has 116 valence electrons. The van der Waals surface area contributed by atoms with Crippen molar-refractivity contribution < 1.29 is 4.79 Å². The molecule has 22 heavy (non-hydrogen) atoms. The standard InChI is InChI=1S/C17H22N4O/c1-20-16(7-10-18-20)19-17(22)21-11-8-15(9-12-21)13-14-5-3-2-4-6-14/h2-7,10,15H,8-9,11-13H2,1H3,(H,19,22). The second-order valence-corrected chi connectivity index (χ2v) is 5.89. The van der Waals surface area contributed by atoms with Crippen LogP contribution in [-0.4, -0.2) is 33.8 Å². The Bertz CT molecular complexity index is 615. The number of aromatic nitrogens is 2. The average molecular weight is 298 g/mol. The van der Waals surface area contributed by atoms with Gasteiger partial charge in [-0.25, -0.2) is 4.79 Å². The molecule has 0 atom stereocenters. The molecular weight excluding hydrogens is 276 g/mol. The fourth-order valence-corrected chi connectivity index (χ4v) is 2.97. The van der Waals surface area contributed by atoms with Crippen molar-refractivity contribution in [1.29, 1.82) is 0 Å². The summed E-state index contributed by atoms with van der Waals surface area (Å²) in [5.41, 5.74) is 1.39. The number of carbonyl (C=O) groups excluding carboxylic acids is 1. The van der Waals surface area contributed by atoms with Gasteiger partial charge < -0.3 is 4.90 Å². The van der Waals surface area contributed by atoms with Gasteiger partial charge in [0.05, 0.1) is 6.20 Å². The molecule has 0 spiro atoms. The number of hydrogen-bond acceptors (Lipinski definition) is 2. The molecule has 1 N–H and O–H groups in total. The fraction of sp³-hybridized carbons (Fsp3) is 0.412. The van der Waals surface area contributed by atoms with Gasteiger partial charge in [0.25, 0.3) is 0 Å². The van der Waals surface area contributed by atoms with E-state index in [9.17, 15) is 4.79 Å². The molecule has 2 heterocycles. The Morgan fingerprint density at radius 1 is 1.23 bits per heavy atom. The van der Waals surface area contributed by atoms with Crippen LogP contribution in [-0.2, 0) is 13.5 Å². The molecular formula is C17H22N4O. The van der Waals surface area contributed by atoms with Gasteiger partial charge in [0, 0.05) is 26.2 Å². The summed E-state index contributed by atoms with van der Waals surface area (Å²) < 4.78 is 1.67. The van der Waals surface area contributed by atoms with Crippen molar-refractivity contribution in [3.05, 3.63) is 48.2 Å². The van der Waals surface area contributed by atoms with Gasteiger partial charge in [-0.1, -0.05) is 30.3 Å². The third-order valence-corrected chi connectivity index (χ3v) is 4.32. The SMILES string of the molecule is Cn1nccc1NC(=O)N1CCC(Cc2ccccc2)CC1. The average Bonchev–Trinajstić information content (AvgIpc) is 2.94. The maximum absolute atomic E-state index is 12.3. The Labute approximate surface area is 130 Å². The zero-order chi connectivity index (χ0) is 15.4. The van der Waals surface area contributed by atoms with Crippen molar-refractivity contribution in [2.75, 3.05) is 18.4 Å². The Morgan fingerprint density at radius 3 is 2.59 bits per heavy atom. The van der Waals surface area contributed by atoms with Crippen LogP contribution < -0.4 is 5.32 Å². The number of benzene rings is 1. The molecule has 1 saturated heterocycles. The van der Waals surface area contributed by atoms with E-state index < -0.39 is 0 Å². The van der Waals surface area contributed by atoms with E-state index in [1.165, 1.54) is 5.56 Å². The minimum atomic E-state index is -0.0261. The third-order valence-electron chi connectivity index (χ3n) is 4.32. The van der Waals surface area contributed by atoms with Crippen LogP contribution in [0.1, 0.15) is 18.4 Å². The summed E-state index contributed by atoms with van der Waals surface area (Å²) >= 11 is 0. The van der Waals surface area contributed by atoms with Gasteiger partial charge in [-0.2, -0.15) is 5.10 Å². The van der Waals surface area contributed by atoms with E-state index in [0.29, 0.717) is 5.92 Å². The third kappa shape index (κ3) is 3.47. The fourth-order valence-electron chi connectivity index (χ4n) is 2.97. The molecule has 3 rings (SSSR count). The van der Waals surface area contributed by atoms with Gasteiger partial charge in [0.1, 0.15) is 5.82 Å². The number of piperidine rings is 1. The van der Waals surface area contributed by atoms with Crippen LogP contribution in [0.4, 0.5) is 10.6 Å². The molecule has 2 aromatic rings. The summed E-state index contributed by atoms with van der Waals surface area (Å²) in [6.45, 7) is 1.64. The molecule has 1 aromatic carbocycles. The van der Waals surface area contributed by atoms with Crippen LogP contribution in [0.15, 0.2) is 42.6 Å². The Morgan fingerprint density at radius 2 is 1.95 bits per heavy atom. The quantitative estimate of drug-likeness (QED) is 0.947. The Hall–Kier alpha value is -2.30. The topological polar surface area (TPSA) is 50.2 Å². The number of aryl methyl sites for hydroxylation is 1. The number of likely N-dealkylation sites (tertiary alicyclic amines) is 1. The number of hydrogen-bond donors (Lipinski definition) is 1. The van der Waals surface area contributed by atoms with E-state index in [4.69, 9.17) is 0 Å². The lowest BCUT2D eigenvalue weighted by Gasteiger charge is -2.32. The molecule has 0 bridgehead atoms. The number of carbonyl (C=O) groups is 1. The van der Waals surface area contributed by atoms with Crippen LogP contribution in [0.5, 0.6) is 0 Å². The first kappa shape index (κ1) is 14.6. The van der Waals surface area contributed by atoms with Crippen LogP contribution >= 0.6 is 0 Å². The van der Waals surface area contributed by atoms with E-state index >= 15 is 0 Å². The zero-order valence-electron chi connectivity index (χ0n) is 12.9. The summed E-state index contributed by atoms with van der Waals surface area (Å²) in [4.78, 5) is 14.2. The van der Waals surface area contributed by atoms with Gasteiger partial charge in [-0.15, -0.1) is 0 Å². The van der Waals surface area contributed by atoms with Crippen molar-refractivity contribution in [3.8, 4) is 0 Å². The highest BCUT2D eigenvalue weighted by Gasteiger charge is 2.23. The monoisotopic (exact) mass is 298 g/mol. The lowest BCUT2D eigenvalue weighted by Crippen LogP contribution is -2.41. The van der Waals surface area contributed by atoms with E-state index in [1.54, 1.807) is 16.9 Å². The van der Waals surface area contributed by atoms with Crippen LogP contribution in [0.2, 0.25) is 0 Å². The molecule has 0 aliphatic carbocycles. The number of rotatable bonds is 3. The second kappa shape index (κ2) is 6.64. The first-order valence-electron chi connectivity index (χ1n) is 7.80. The number of nitrogens with one attached hydrogen (secondary N) is 1. The minimum Gasteiger partial charge on any atom is -0.324 e. The number of amides is 2. The molecule has 2 amide bonds. The van der Waals surface area contributed by atoms with Crippen molar-refractivity contribution in [2.45, 2.75) is 19.3 Å². The maximum atomic E-state index is 12.3. The predicted octanol–water partition coefficient (Wildman–Crippen LogP) is 2.91.